The molecule has 0 bridgehead atoms. The number of methoxy groups -OCH3 is 1. The van der Waals surface area contributed by atoms with Gasteiger partial charge in [-0.25, -0.2) is 4.98 Å². The summed E-state index contributed by atoms with van der Waals surface area (Å²) < 4.78 is 13.2. The lowest BCUT2D eigenvalue weighted by molar-refractivity contribution is -0.117. The summed E-state index contributed by atoms with van der Waals surface area (Å²) in [5, 5.41) is 10.9. The van der Waals surface area contributed by atoms with Crippen LogP contribution in [0.1, 0.15) is 23.7 Å². The summed E-state index contributed by atoms with van der Waals surface area (Å²) in [5.74, 6) is 2.23. The first kappa shape index (κ1) is 22.9. The molecule has 0 aliphatic carbocycles. The van der Waals surface area contributed by atoms with Crippen LogP contribution < -0.4 is 14.4 Å². The Morgan fingerprint density at radius 1 is 1.09 bits per heavy atom. The Labute approximate surface area is 204 Å². The third kappa shape index (κ3) is 4.72. The first-order valence-electron chi connectivity index (χ1n) is 11.8. The number of hydrogen-bond acceptors (Lipinski definition) is 5. The first-order chi connectivity index (χ1) is 17.0. The third-order valence-electron chi connectivity index (χ3n) is 6.46. The first-order valence-corrected chi connectivity index (χ1v) is 11.8. The molecule has 1 amide bonds. The number of aliphatic hydroxyl groups excluding tert-OH is 1. The minimum Gasteiger partial charge on any atom is -0.497 e. The highest BCUT2D eigenvalue weighted by molar-refractivity contribution is 5.96. The topological polar surface area (TPSA) is 76.8 Å². The van der Waals surface area contributed by atoms with Gasteiger partial charge in [-0.2, -0.15) is 0 Å². The molecule has 1 fully saturated rings. The standard InChI is InChI=1S/C28H29N3O4/c1-19-8-3-6-13-26(19)35-18-22(32)17-31-25-12-5-4-11-24(25)29-28(31)20-14-27(33)30(16-20)21-9-7-10-23(15-21)34-2/h3-13,15,20,22,32H,14,16-18H2,1-2H3/t20-,22+/m1/s1. The number of carbonyl (C=O) groups is 1. The van der Waals surface area contributed by atoms with Crippen LogP contribution in [0.2, 0.25) is 0 Å². The zero-order chi connectivity index (χ0) is 24.4. The molecule has 35 heavy (non-hydrogen) atoms. The van der Waals surface area contributed by atoms with Gasteiger partial charge in [0.15, 0.2) is 0 Å². The molecule has 7 nitrogen and oxygen atoms in total. The normalized spacial score (nSPS) is 16.6. The molecule has 2 heterocycles. The van der Waals surface area contributed by atoms with E-state index in [0.717, 1.165) is 33.9 Å². The maximum absolute atomic E-state index is 13.0. The van der Waals surface area contributed by atoms with Gasteiger partial charge in [-0.3, -0.25) is 4.79 Å². The van der Waals surface area contributed by atoms with Crippen molar-refractivity contribution in [2.75, 3.05) is 25.2 Å². The van der Waals surface area contributed by atoms with E-state index in [1.807, 2.05) is 84.3 Å². The largest absolute Gasteiger partial charge is 0.497 e. The van der Waals surface area contributed by atoms with Gasteiger partial charge in [-0.1, -0.05) is 36.4 Å². The summed E-state index contributed by atoms with van der Waals surface area (Å²) in [6.45, 7) is 2.99. The highest BCUT2D eigenvalue weighted by atomic mass is 16.5. The average molecular weight is 472 g/mol. The molecule has 0 unspecified atom stereocenters. The molecule has 1 aromatic heterocycles. The molecule has 4 aromatic rings. The number of para-hydroxylation sites is 3. The van der Waals surface area contributed by atoms with Crippen molar-refractivity contribution >= 4 is 22.6 Å². The molecular formula is C28H29N3O4. The van der Waals surface area contributed by atoms with Crippen molar-refractivity contribution in [3.63, 3.8) is 0 Å². The maximum Gasteiger partial charge on any atom is 0.227 e. The molecule has 2 atom stereocenters. The van der Waals surface area contributed by atoms with Crippen molar-refractivity contribution < 1.29 is 19.4 Å². The van der Waals surface area contributed by atoms with Crippen LogP contribution in [-0.4, -0.2) is 46.9 Å². The van der Waals surface area contributed by atoms with E-state index >= 15 is 0 Å². The van der Waals surface area contributed by atoms with Crippen LogP contribution in [-0.2, 0) is 11.3 Å². The predicted octanol–water partition coefficient (Wildman–Crippen LogP) is 4.31. The van der Waals surface area contributed by atoms with Crippen LogP contribution in [0.3, 0.4) is 0 Å². The van der Waals surface area contributed by atoms with Gasteiger partial charge in [0.05, 0.1) is 24.7 Å². The molecule has 7 heteroatoms. The van der Waals surface area contributed by atoms with Gasteiger partial charge in [0, 0.05) is 30.6 Å². The summed E-state index contributed by atoms with van der Waals surface area (Å²) >= 11 is 0. The van der Waals surface area contributed by atoms with Crippen molar-refractivity contribution in [1.82, 2.24) is 9.55 Å². The highest BCUT2D eigenvalue weighted by Gasteiger charge is 2.35. The maximum atomic E-state index is 13.0. The van der Waals surface area contributed by atoms with Crippen LogP contribution >= 0.6 is 0 Å². The Bertz CT molecular complexity index is 1350. The van der Waals surface area contributed by atoms with E-state index in [2.05, 4.69) is 0 Å². The number of imidazole rings is 1. The molecule has 0 radical (unpaired) electrons. The molecule has 1 aliphatic heterocycles. The third-order valence-corrected chi connectivity index (χ3v) is 6.46. The van der Waals surface area contributed by atoms with E-state index in [9.17, 15) is 9.90 Å². The fourth-order valence-corrected chi connectivity index (χ4v) is 4.67. The lowest BCUT2D eigenvalue weighted by Gasteiger charge is -2.19. The van der Waals surface area contributed by atoms with E-state index in [0.29, 0.717) is 25.3 Å². The minimum absolute atomic E-state index is 0.0466. The van der Waals surface area contributed by atoms with Crippen LogP contribution in [0.5, 0.6) is 11.5 Å². The van der Waals surface area contributed by atoms with Crippen LogP contribution in [0.25, 0.3) is 11.0 Å². The van der Waals surface area contributed by atoms with Crippen LogP contribution in [0, 0.1) is 6.92 Å². The molecule has 1 N–H and O–H groups in total. The van der Waals surface area contributed by atoms with Gasteiger partial charge in [0.25, 0.3) is 0 Å². The second-order valence-corrected chi connectivity index (χ2v) is 8.91. The van der Waals surface area contributed by atoms with E-state index < -0.39 is 6.10 Å². The summed E-state index contributed by atoms with van der Waals surface area (Å²) in [6.07, 6.45) is -0.381. The van der Waals surface area contributed by atoms with Crippen molar-refractivity contribution in [2.24, 2.45) is 0 Å². The minimum atomic E-state index is -0.738. The quantitative estimate of drug-likeness (QED) is 0.414. The molecule has 0 saturated carbocycles. The van der Waals surface area contributed by atoms with Crippen molar-refractivity contribution in [2.45, 2.75) is 31.9 Å². The monoisotopic (exact) mass is 471 g/mol. The second-order valence-electron chi connectivity index (χ2n) is 8.91. The highest BCUT2D eigenvalue weighted by Crippen LogP contribution is 2.34. The van der Waals surface area contributed by atoms with Crippen LogP contribution in [0.15, 0.2) is 72.8 Å². The Balaban J connectivity index is 1.39. The Hall–Kier alpha value is -3.84. The molecular weight excluding hydrogens is 442 g/mol. The van der Waals surface area contributed by atoms with Gasteiger partial charge in [-0.15, -0.1) is 0 Å². The predicted molar refractivity (Wildman–Crippen MR) is 135 cm³/mol. The number of nitrogens with zero attached hydrogens (tertiary/aromatic N) is 3. The SMILES string of the molecule is COc1cccc(N2C[C@H](c3nc4ccccc4n3C[C@H](O)COc3ccccc3C)CC2=O)c1. The summed E-state index contributed by atoms with van der Waals surface area (Å²) in [5.41, 5.74) is 3.62. The number of aliphatic hydroxyl groups is 1. The van der Waals surface area contributed by atoms with Crippen molar-refractivity contribution in [3.05, 3.63) is 84.2 Å². The van der Waals surface area contributed by atoms with Gasteiger partial charge >= 0.3 is 0 Å². The smallest absolute Gasteiger partial charge is 0.227 e. The lowest BCUT2D eigenvalue weighted by Crippen LogP contribution is -2.26. The molecule has 180 valence electrons. The molecule has 1 saturated heterocycles. The number of ether oxygens (including phenoxy) is 2. The number of anilines is 1. The fraction of sp³-hybridized carbons (Fsp3) is 0.286. The Morgan fingerprint density at radius 2 is 1.89 bits per heavy atom. The fourth-order valence-electron chi connectivity index (χ4n) is 4.67. The van der Waals surface area contributed by atoms with Crippen LogP contribution in [0.4, 0.5) is 5.69 Å². The van der Waals surface area contributed by atoms with Gasteiger partial charge in [0.1, 0.15) is 30.0 Å². The zero-order valence-electron chi connectivity index (χ0n) is 19.9. The molecule has 0 spiro atoms. The number of fused-ring (bicyclic) bond motifs is 1. The van der Waals surface area contributed by atoms with Gasteiger partial charge in [-0.05, 0) is 42.8 Å². The molecule has 1 aliphatic rings. The zero-order valence-corrected chi connectivity index (χ0v) is 19.9. The molecule has 5 rings (SSSR count). The van der Waals surface area contributed by atoms with E-state index in [1.165, 1.54) is 0 Å². The van der Waals surface area contributed by atoms with E-state index in [-0.39, 0.29) is 18.4 Å². The average Bonchev–Trinajstić information content (AvgIpc) is 3.44. The summed E-state index contributed by atoms with van der Waals surface area (Å²) in [7, 11) is 1.62. The van der Waals surface area contributed by atoms with Crippen molar-refractivity contribution in [1.29, 1.82) is 0 Å². The number of amides is 1. The molecule has 3 aromatic carbocycles. The second kappa shape index (κ2) is 9.80. The number of carbonyl (C=O) groups excluding carboxylic acids is 1. The van der Waals surface area contributed by atoms with Crippen molar-refractivity contribution in [3.8, 4) is 11.5 Å². The number of hydrogen-bond donors (Lipinski definition) is 1. The number of benzene rings is 3. The summed E-state index contributed by atoms with van der Waals surface area (Å²) in [6, 6.07) is 23.2. The number of aryl methyl sites for hydroxylation is 1. The van der Waals surface area contributed by atoms with E-state index in [1.54, 1.807) is 12.0 Å². The number of rotatable bonds is 8. The number of aromatic nitrogens is 2. The van der Waals surface area contributed by atoms with Gasteiger partial charge in [0.2, 0.25) is 5.91 Å². The Kier molecular flexibility index (Phi) is 6.42. The Morgan fingerprint density at radius 3 is 2.71 bits per heavy atom. The summed E-state index contributed by atoms with van der Waals surface area (Å²) in [4.78, 5) is 19.6. The van der Waals surface area contributed by atoms with Gasteiger partial charge < -0.3 is 24.0 Å². The lowest BCUT2D eigenvalue weighted by atomic mass is 10.1. The van der Waals surface area contributed by atoms with E-state index in [4.69, 9.17) is 14.5 Å².